The molecule has 0 aliphatic carbocycles. The van der Waals surface area contributed by atoms with Crippen molar-refractivity contribution in [2.75, 3.05) is 0 Å². The second kappa shape index (κ2) is 6.92. The topological polar surface area (TPSA) is 88.9 Å². The van der Waals surface area contributed by atoms with Gasteiger partial charge < -0.3 is 10.6 Å². The van der Waals surface area contributed by atoms with Crippen LogP contribution in [0.1, 0.15) is 43.6 Å². The van der Waals surface area contributed by atoms with Crippen molar-refractivity contribution in [1.29, 1.82) is 0 Å². The molecule has 0 saturated carbocycles. The van der Waals surface area contributed by atoms with Gasteiger partial charge >= 0.3 is 0 Å². The van der Waals surface area contributed by atoms with Gasteiger partial charge in [0.25, 0.3) is 5.56 Å². The van der Waals surface area contributed by atoms with E-state index in [0.717, 1.165) is 28.4 Å². The molecule has 1 unspecified atom stereocenters. The molecule has 1 aliphatic rings. The van der Waals surface area contributed by atoms with Gasteiger partial charge in [0.2, 0.25) is 5.91 Å². The molecule has 26 heavy (non-hydrogen) atoms. The molecule has 2 aromatic heterocycles. The fourth-order valence-corrected chi connectivity index (χ4v) is 4.25. The molecule has 3 rings (SSSR count). The van der Waals surface area contributed by atoms with E-state index in [9.17, 15) is 9.59 Å². The number of carbonyl (C=O) groups excluding carboxylic acids is 1. The van der Waals surface area contributed by atoms with Gasteiger partial charge in [0.1, 0.15) is 5.01 Å². The Morgan fingerprint density at radius 1 is 1.38 bits per heavy atom. The SMILES string of the molecule is Cc1nn(C)c(=O)c(-c2nc(CNC3CCC(=O)NC3(C)C)cs2)c1C. The predicted octanol–water partition coefficient (Wildman–Crippen LogP) is 1.67. The summed E-state index contributed by atoms with van der Waals surface area (Å²) in [6, 6.07) is 0.183. The number of hydrogen-bond acceptors (Lipinski definition) is 6. The number of aryl methyl sites for hydroxylation is 2. The molecule has 1 amide bonds. The van der Waals surface area contributed by atoms with Gasteiger partial charge in [-0.3, -0.25) is 9.59 Å². The number of carbonyl (C=O) groups is 1. The van der Waals surface area contributed by atoms with Gasteiger partial charge in [0.15, 0.2) is 0 Å². The fourth-order valence-electron chi connectivity index (χ4n) is 3.33. The lowest BCUT2D eigenvalue weighted by Gasteiger charge is -2.39. The zero-order chi connectivity index (χ0) is 19.1. The van der Waals surface area contributed by atoms with Crippen LogP contribution in [0.15, 0.2) is 10.2 Å². The van der Waals surface area contributed by atoms with Crippen LogP contribution in [0.5, 0.6) is 0 Å². The van der Waals surface area contributed by atoms with E-state index in [0.29, 0.717) is 18.5 Å². The van der Waals surface area contributed by atoms with Crippen LogP contribution in [0.25, 0.3) is 10.6 Å². The molecule has 1 atom stereocenters. The lowest BCUT2D eigenvalue weighted by molar-refractivity contribution is -0.125. The highest BCUT2D eigenvalue weighted by Gasteiger charge is 2.35. The number of nitrogens with zero attached hydrogens (tertiary/aromatic N) is 3. The average molecular weight is 375 g/mol. The number of aromatic nitrogens is 3. The van der Waals surface area contributed by atoms with Crippen LogP contribution in [-0.4, -0.2) is 32.3 Å². The first kappa shape index (κ1) is 18.7. The molecule has 1 saturated heterocycles. The summed E-state index contributed by atoms with van der Waals surface area (Å²) in [5.74, 6) is 0.100. The van der Waals surface area contributed by atoms with Gasteiger partial charge in [-0.05, 0) is 39.7 Å². The molecule has 3 heterocycles. The van der Waals surface area contributed by atoms with Crippen molar-refractivity contribution in [1.82, 2.24) is 25.4 Å². The normalized spacial score (nSPS) is 19.4. The van der Waals surface area contributed by atoms with Crippen LogP contribution in [0, 0.1) is 13.8 Å². The number of hydrogen-bond donors (Lipinski definition) is 2. The third kappa shape index (κ3) is 3.57. The fraction of sp³-hybridized carbons (Fsp3) is 0.556. The summed E-state index contributed by atoms with van der Waals surface area (Å²) in [5.41, 5.74) is 2.81. The van der Waals surface area contributed by atoms with Gasteiger partial charge in [-0.2, -0.15) is 5.10 Å². The smallest absolute Gasteiger partial charge is 0.277 e. The third-order valence-corrected chi connectivity index (χ3v) is 5.92. The molecule has 0 radical (unpaired) electrons. The number of amides is 1. The van der Waals surface area contributed by atoms with Crippen molar-refractivity contribution < 1.29 is 4.79 Å². The molecule has 0 aromatic carbocycles. The maximum absolute atomic E-state index is 12.5. The van der Waals surface area contributed by atoms with E-state index in [4.69, 9.17) is 0 Å². The summed E-state index contributed by atoms with van der Waals surface area (Å²) in [6.07, 6.45) is 1.34. The van der Waals surface area contributed by atoms with Gasteiger partial charge in [-0.15, -0.1) is 11.3 Å². The Hall–Kier alpha value is -2.06. The van der Waals surface area contributed by atoms with E-state index in [1.54, 1.807) is 7.05 Å². The zero-order valence-electron chi connectivity index (χ0n) is 15.8. The van der Waals surface area contributed by atoms with E-state index in [2.05, 4.69) is 20.7 Å². The molecule has 7 nitrogen and oxygen atoms in total. The molecule has 2 N–H and O–H groups in total. The van der Waals surface area contributed by atoms with E-state index >= 15 is 0 Å². The minimum Gasteiger partial charge on any atom is -0.350 e. The monoisotopic (exact) mass is 375 g/mol. The third-order valence-electron chi connectivity index (χ3n) is 5.01. The van der Waals surface area contributed by atoms with E-state index in [1.165, 1.54) is 16.0 Å². The van der Waals surface area contributed by atoms with Crippen molar-refractivity contribution >= 4 is 17.2 Å². The molecular weight excluding hydrogens is 350 g/mol. The van der Waals surface area contributed by atoms with Crippen LogP contribution in [0.3, 0.4) is 0 Å². The molecule has 8 heteroatoms. The first-order valence-corrected chi connectivity index (χ1v) is 9.60. The molecule has 1 fully saturated rings. The first-order valence-electron chi connectivity index (χ1n) is 8.72. The highest BCUT2D eigenvalue weighted by atomic mass is 32.1. The Balaban J connectivity index is 1.78. The molecule has 140 valence electrons. The average Bonchev–Trinajstić information content (AvgIpc) is 3.00. The second-order valence-electron chi connectivity index (χ2n) is 7.40. The predicted molar refractivity (Wildman–Crippen MR) is 102 cm³/mol. The van der Waals surface area contributed by atoms with Crippen LogP contribution in [0.4, 0.5) is 0 Å². The van der Waals surface area contributed by atoms with Crippen molar-refractivity contribution in [3.05, 3.63) is 32.7 Å². The van der Waals surface area contributed by atoms with Crippen molar-refractivity contribution in [2.24, 2.45) is 7.05 Å². The first-order chi connectivity index (χ1) is 12.2. The molecule has 2 aromatic rings. The maximum Gasteiger partial charge on any atom is 0.277 e. The van der Waals surface area contributed by atoms with E-state index in [1.807, 2.05) is 33.1 Å². The summed E-state index contributed by atoms with van der Waals surface area (Å²) in [6.45, 7) is 8.46. The molecular formula is C18H25N5O2S. The van der Waals surface area contributed by atoms with Crippen LogP contribution in [-0.2, 0) is 18.4 Å². The summed E-state index contributed by atoms with van der Waals surface area (Å²) in [7, 11) is 1.66. The Kier molecular flexibility index (Phi) is 4.98. The summed E-state index contributed by atoms with van der Waals surface area (Å²) < 4.78 is 1.37. The zero-order valence-corrected chi connectivity index (χ0v) is 16.7. The standard InChI is InChI=1S/C18H25N5O2S/c1-10-11(2)22-23(5)17(25)15(10)16-20-12(9-26-16)8-19-13-6-7-14(24)21-18(13,3)4/h9,13,19H,6-8H2,1-5H3,(H,21,24). The minimum absolute atomic E-state index is 0.100. The number of thiazole rings is 1. The highest BCUT2D eigenvalue weighted by Crippen LogP contribution is 2.25. The Morgan fingerprint density at radius 3 is 2.81 bits per heavy atom. The lowest BCUT2D eigenvalue weighted by Crippen LogP contribution is -2.60. The van der Waals surface area contributed by atoms with Crippen LogP contribution >= 0.6 is 11.3 Å². The van der Waals surface area contributed by atoms with Crippen molar-refractivity contribution in [3.8, 4) is 10.6 Å². The molecule has 1 aliphatic heterocycles. The number of piperidine rings is 1. The van der Waals surface area contributed by atoms with Gasteiger partial charge in [0, 0.05) is 37.0 Å². The van der Waals surface area contributed by atoms with Crippen LogP contribution < -0.4 is 16.2 Å². The van der Waals surface area contributed by atoms with Crippen LogP contribution in [0.2, 0.25) is 0 Å². The summed E-state index contributed by atoms with van der Waals surface area (Å²) >= 11 is 1.47. The summed E-state index contributed by atoms with van der Waals surface area (Å²) in [4.78, 5) is 28.7. The lowest BCUT2D eigenvalue weighted by atomic mass is 9.87. The van der Waals surface area contributed by atoms with Gasteiger partial charge in [0.05, 0.1) is 17.0 Å². The summed E-state index contributed by atoms with van der Waals surface area (Å²) in [5, 5.41) is 13.5. The van der Waals surface area contributed by atoms with E-state index in [-0.39, 0.29) is 23.0 Å². The Morgan fingerprint density at radius 2 is 2.12 bits per heavy atom. The maximum atomic E-state index is 12.5. The van der Waals surface area contributed by atoms with Gasteiger partial charge in [-0.1, -0.05) is 0 Å². The largest absolute Gasteiger partial charge is 0.350 e. The minimum atomic E-state index is -0.289. The molecule has 0 spiro atoms. The Labute approximate surface area is 156 Å². The number of rotatable bonds is 4. The van der Waals surface area contributed by atoms with Gasteiger partial charge in [-0.25, -0.2) is 9.67 Å². The van der Waals surface area contributed by atoms with Crippen molar-refractivity contribution in [3.63, 3.8) is 0 Å². The molecule has 0 bridgehead atoms. The second-order valence-corrected chi connectivity index (χ2v) is 8.26. The quantitative estimate of drug-likeness (QED) is 0.849. The van der Waals surface area contributed by atoms with E-state index < -0.39 is 0 Å². The van der Waals surface area contributed by atoms with Crippen molar-refractivity contribution in [2.45, 2.75) is 58.7 Å². The Bertz CT molecular complexity index is 899. The highest BCUT2D eigenvalue weighted by molar-refractivity contribution is 7.13. The number of nitrogens with one attached hydrogen (secondary N) is 2.